The number of hydrogen-bond acceptors (Lipinski definition) is 5. The molecule has 0 fully saturated rings. The molecule has 0 aromatic heterocycles. The smallest absolute Gasteiger partial charge is 0.306 e. The minimum Gasteiger partial charge on any atom is -0.469 e. The molecule has 0 radical (unpaired) electrons. The summed E-state index contributed by atoms with van der Waals surface area (Å²) in [6.45, 7) is 4.23. The molecule has 0 amide bonds. The summed E-state index contributed by atoms with van der Waals surface area (Å²) in [7, 11) is 1.37. The van der Waals surface area contributed by atoms with Gasteiger partial charge in [-0.05, 0) is 6.42 Å². The number of aliphatic hydroxyl groups is 1. The fraction of sp³-hybridized carbons (Fsp3) is 0.933. The second-order valence-corrected chi connectivity index (χ2v) is 5.03. The highest BCUT2D eigenvalue weighted by Crippen LogP contribution is 2.04. The van der Waals surface area contributed by atoms with E-state index in [0.717, 1.165) is 6.42 Å². The lowest BCUT2D eigenvalue weighted by atomic mass is 10.1. The summed E-state index contributed by atoms with van der Waals surface area (Å²) in [5.74, 6) is -0.244. The van der Waals surface area contributed by atoms with Crippen LogP contribution in [0, 0.1) is 0 Å². The van der Waals surface area contributed by atoms with E-state index in [-0.39, 0.29) is 5.97 Å². The lowest BCUT2D eigenvalue weighted by molar-refractivity contribution is -0.140. The van der Waals surface area contributed by atoms with Crippen molar-refractivity contribution in [1.29, 1.82) is 0 Å². The van der Waals surface area contributed by atoms with Gasteiger partial charge in [0.2, 0.25) is 0 Å². The van der Waals surface area contributed by atoms with Gasteiger partial charge in [-0.3, -0.25) is 4.79 Å². The van der Waals surface area contributed by atoms with Gasteiger partial charge in [-0.25, -0.2) is 0 Å². The minimum atomic E-state index is -0.521. The monoisotopic (exact) mass is 289 g/mol. The first-order chi connectivity index (χ1) is 9.70. The van der Waals surface area contributed by atoms with Crippen LogP contribution in [0.15, 0.2) is 0 Å². The van der Waals surface area contributed by atoms with E-state index in [9.17, 15) is 9.90 Å². The van der Waals surface area contributed by atoms with Gasteiger partial charge < -0.3 is 19.9 Å². The molecule has 0 saturated heterocycles. The van der Waals surface area contributed by atoms with Crippen molar-refractivity contribution >= 4 is 5.97 Å². The molecule has 0 aromatic carbocycles. The van der Waals surface area contributed by atoms with Crippen molar-refractivity contribution in [1.82, 2.24) is 5.32 Å². The van der Waals surface area contributed by atoms with E-state index in [4.69, 9.17) is 4.74 Å². The number of carbonyl (C=O) groups is 1. The van der Waals surface area contributed by atoms with Crippen molar-refractivity contribution in [3.05, 3.63) is 0 Å². The van der Waals surface area contributed by atoms with Crippen molar-refractivity contribution in [3.8, 4) is 0 Å². The van der Waals surface area contributed by atoms with E-state index in [1.165, 1.54) is 39.2 Å². The molecule has 0 rings (SSSR count). The van der Waals surface area contributed by atoms with Crippen LogP contribution in [0.4, 0.5) is 0 Å². The molecule has 0 aliphatic carbocycles. The summed E-state index contributed by atoms with van der Waals surface area (Å²) in [5.41, 5.74) is 0. The molecule has 2 N–H and O–H groups in total. The number of unbranched alkanes of at least 4 members (excludes halogenated alkanes) is 5. The molecule has 120 valence electrons. The second-order valence-electron chi connectivity index (χ2n) is 5.03. The molecule has 0 spiro atoms. The Morgan fingerprint density at radius 1 is 1.20 bits per heavy atom. The molecule has 5 heteroatoms. The molecule has 0 saturated carbocycles. The number of nitrogens with one attached hydrogen (secondary N) is 1. The Morgan fingerprint density at radius 2 is 1.90 bits per heavy atom. The number of rotatable bonds is 14. The van der Waals surface area contributed by atoms with Gasteiger partial charge in [-0.1, -0.05) is 39.0 Å². The zero-order chi connectivity index (χ0) is 15.1. The van der Waals surface area contributed by atoms with Crippen molar-refractivity contribution in [2.24, 2.45) is 0 Å². The SMILES string of the molecule is CCCCCCCCOCC(O)CNCCC(=O)OC. The van der Waals surface area contributed by atoms with Crippen molar-refractivity contribution < 1.29 is 19.4 Å². The van der Waals surface area contributed by atoms with Gasteiger partial charge in [-0.15, -0.1) is 0 Å². The van der Waals surface area contributed by atoms with Crippen LogP contribution >= 0.6 is 0 Å². The van der Waals surface area contributed by atoms with Crippen LogP contribution in [-0.2, 0) is 14.3 Å². The molecule has 1 atom stereocenters. The van der Waals surface area contributed by atoms with Gasteiger partial charge in [0.05, 0.1) is 26.2 Å². The van der Waals surface area contributed by atoms with Crippen LogP contribution in [0.25, 0.3) is 0 Å². The number of ether oxygens (including phenoxy) is 2. The van der Waals surface area contributed by atoms with Crippen molar-refractivity contribution in [3.63, 3.8) is 0 Å². The number of esters is 1. The summed E-state index contributed by atoms with van der Waals surface area (Å²) in [4.78, 5) is 10.8. The summed E-state index contributed by atoms with van der Waals surface area (Å²) >= 11 is 0. The summed E-state index contributed by atoms with van der Waals surface area (Å²) in [5, 5.41) is 12.6. The first-order valence-electron chi connectivity index (χ1n) is 7.74. The second kappa shape index (κ2) is 14.8. The number of carbonyl (C=O) groups excluding carboxylic acids is 1. The molecule has 20 heavy (non-hydrogen) atoms. The maximum absolute atomic E-state index is 10.8. The topological polar surface area (TPSA) is 67.8 Å². The first kappa shape index (κ1) is 19.4. The lowest BCUT2D eigenvalue weighted by Crippen LogP contribution is -2.32. The highest BCUT2D eigenvalue weighted by Gasteiger charge is 2.04. The average Bonchev–Trinajstić information content (AvgIpc) is 2.46. The molecule has 0 aliphatic rings. The Kier molecular flexibility index (Phi) is 14.3. The van der Waals surface area contributed by atoms with Crippen LogP contribution < -0.4 is 5.32 Å². The maximum atomic E-state index is 10.8. The van der Waals surface area contributed by atoms with Crippen molar-refractivity contribution in [2.45, 2.75) is 58.0 Å². The quantitative estimate of drug-likeness (QED) is 0.377. The van der Waals surface area contributed by atoms with Crippen molar-refractivity contribution in [2.75, 3.05) is 33.4 Å². The summed E-state index contributed by atoms with van der Waals surface area (Å²) < 4.78 is 9.94. The van der Waals surface area contributed by atoms with Crippen LogP contribution in [0.3, 0.4) is 0 Å². The molecular formula is C15H31NO4. The highest BCUT2D eigenvalue weighted by atomic mass is 16.5. The summed E-state index contributed by atoms with van der Waals surface area (Å²) in [6.07, 6.45) is 7.23. The minimum absolute atomic E-state index is 0.244. The van der Waals surface area contributed by atoms with Gasteiger partial charge in [-0.2, -0.15) is 0 Å². The Labute approximate surface area is 123 Å². The largest absolute Gasteiger partial charge is 0.469 e. The van der Waals surface area contributed by atoms with Crippen LogP contribution in [0.5, 0.6) is 0 Å². The van der Waals surface area contributed by atoms with Gasteiger partial charge in [0.1, 0.15) is 0 Å². The van der Waals surface area contributed by atoms with E-state index in [2.05, 4.69) is 17.0 Å². The van der Waals surface area contributed by atoms with E-state index in [1.807, 2.05) is 0 Å². The van der Waals surface area contributed by atoms with E-state index in [0.29, 0.717) is 32.7 Å². The van der Waals surface area contributed by atoms with Gasteiger partial charge in [0.25, 0.3) is 0 Å². The third-order valence-electron chi connectivity index (χ3n) is 3.07. The highest BCUT2D eigenvalue weighted by molar-refractivity contribution is 5.69. The number of methoxy groups -OCH3 is 1. The van der Waals surface area contributed by atoms with E-state index < -0.39 is 6.10 Å². The Hall–Kier alpha value is -0.650. The van der Waals surface area contributed by atoms with E-state index >= 15 is 0 Å². The molecule has 1 unspecified atom stereocenters. The standard InChI is InChI=1S/C15H31NO4/c1-3-4-5-6-7-8-11-20-13-14(17)12-16-10-9-15(18)19-2/h14,16-17H,3-13H2,1-2H3. The number of aliphatic hydroxyl groups excluding tert-OH is 1. The molecule has 0 aliphatic heterocycles. The zero-order valence-corrected chi connectivity index (χ0v) is 13.0. The van der Waals surface area contributed by atoms with Gasteiger partial charge in [0, 0.05) is 19.7 Å². The van der Waals surface area contributed by atoms with E-state index in [1.54, 1.807) is 0 Å². The Morgan fingerprint density at radius 3 is 2.60 bits per heavy atom. The first-order valence-corrected chi connectivity index (χ1v) is 7.74. The predicted octanol–water partition coefficient (Wildman–Crippen LogP) is 1.88. The number of hydrogen-bond donors (Lipinski definition) is 2. The average molecular weight is 289 g/mol. The molecule has 5 nitrogen and oxygen atoms in total. The van der Waals surface area contributed by atoms with Crippen LogP contribution in [-0.4, -0.2) is 50.6 Å². The Balaban J connectivity index is 3.20. The predicted molar refractivity (Wildman–Crippen MR) is 79.7 cm³/mol. The normalized spacial score (nSPS) is 12.3. The summed E-state index contributed by atoms with van der Waals surface area (Å²) in [6, 6.07) is 0. The van der Waals surface area contributed by atoms with Crippen LogP contribution in [0.1, 0.15) is 51.9 Å². The molecule has 0 bridgehead atoms. The van der Waals surface area contributed by atoms with Gasteiger partial charge >= 0.3 is 5.97 Å². The van der Waals surface area contributed by atoms with Gasteiger partial charge in [0.15, 0.2) is 0 Å². The lowest BCUT2D eigenvalue weighted by Gasteiger charge is -2.12. The zero-order valence-electron chi connectivity index (χ0n) is 13.0. The molecular weight excluding hydrogens is 258 g/mol. The third-order valence-corrected chi connectivity index (χ3v) is 3.07. The third kappa shape index (κ3) is 13.8. The Bertz CT molecular complexity index is 224. The fourth-order valence-corrected chi connectivity index (χ4v) is 1.82. The molecule has 0 heterocycles. The fourth-order valence-electron chi connectivity index (χ4n) is 1.82. The maximum Gasteiger partial charge on any atom is 0.306 e. The molecule has 0 aromatic rings. The van der Waals surface area contributed by atoms with Crippen LogP contribution in [0.2, 0.25) is 0 Å².